The van der Waals surface area contributed by atoms with E-state index in [1.165, 1.54) is 12.3 Å². The molecule has 3 nitrogen and oxygen atoms in total. The molecule has 0 spiro atoms. The van der Waals surface area contributed by atoms with E-state index >= 15 is 0 Å². The second-order valence-corrected chi connectivity index (χ2v) is 3.71. The van der Waals surface area contributed by atoms with Crippen LogP contribution in [0.2, 0.25) is 0 Å². The molecule has 1 heterocycles. The number of aliphatic hydroxyl groups excluding tert-OH is 1. The number of hydrogen-bond donors (Lipinski definition) is 1. The third-order valence-electron chi connectivity index (χ3n) is 2.33. The van der Waals surface area contributed by atoms with Crippen molar-refractivity contribution in [3.8, 4) is 11.3 Å². The minimum atomic E-state index is -0.740. The van der Waals surface area contributed by atoms with Crippen LogP contribution in [0.3, 0.4) is 0 Å². The molecule has 0 aliphatic rings. The van der Waals surface area contributed by atoms with Crippen LogP contribution in [0.4, 0.5) is 4.39 Å². The van der Waals surface area contributed by atoms with E-state index < -0.39 is 6.10 Å². The quantitative estimate of drug-likeness (QED) is 0.759. The summed E-state index contributed by atoms with van der Waals surface area (Å²) < 4.78 is 18.2. The zero-order chi connectivity index (χ0) is 11.7. The van der Waals surface area contributed by atoms with Crippen LogP contribution in [0.5, 0.6) is 0 Å². The molecule has 1 aromatic heterocycles. The Hall–Kier alpha value is -1.62. The van der Waals surface area contributed by atoms with Crippen LogP contribution in [0.1, 0.15) is 18.9 Å². The SMILES string of the molecule is Bc1cc(-c2coc(C(C)O)n2)ccc1F. The first-order valence-electron chi connectivity index (χ1n) is 4.98. The van der Waals surface area contributed by atoms with Crippen LogP contribution in [0.25, 0.3) is 11.3 Å². The van der Waals surface area contributed by atoms with Gasteiger partial charge in [-0.25, -0.2) is 9.37 Å². The summed E-state index contributed by atoms with van der Waals surface area (Å²) in [5.74, 6) is 0.0139. The Balaban J connectivity index is 2.39. The molecule has 0 radical (unpaired) electrons. The van der Waals surface area contributed by atoms with Gasteiger partial charge < -0.3 is 9.52 Å². The number of aliphatic hydroxyl groups is 1. The molecule has 1 aromatic carbocycles. The summed E-state index contributed by atoms with van der Waals surface area (Å²) in [6.45, 7) is 1.57. The molecule has 0 aliphatic heterocycles. The van der Waals surface area contributed by atoms with Gasteiger partial charge in [-0.1, -0.05) is 11.5 Å². The van der Waals surface area contributed by atoms with Crippen LogP contribution < -0.4 is 5.46 Å². The molecule has 0 aliphatic carbocycles. The lowest BCUT2D eigenvalue weighted by Gasteiger charge is -1.99. The summed E-state index contributed by atoms with van der Waals surface area (Å²) in [6.07, 6.45) is 0.713. The van der Waals surface area contributed by atoms with E-state index in [1.807, 2.05) is 0 Å². The maximum Gasteiger partial charge on any atom is 0.223 e. The van der Waals surface area contributed by atoms with E-state index in [-0.39, 0.29) is 11.7 Å². The summed E-state index contributed by atoms with van der Waals surface area (Å²) in [4.78, 5) is 4.11. The second-order valence-electron chi connectivity index (χ2n) is 3.71. The number of benzene rings is 1. The lowest BCUT2D eigenvalue weighted by molar-refractivity contribution is 0.163. The van der Waals surface area contributed by atoms with E-state index in [9.17, 15) is 9.50 Å². The Labute approximate surface area is 93.3 Å². The molecule has 0 bridgehead atoms. The van der Waals surface area contributed by atoms with E-state index in [4.69, 9.17) is 4.42 Å². The van der Waals surface area contributed by atoms with Crippen molar-refractivity contribution in [2.75, 3.05) is 0 Å². The highest BCUT2D eigenvalue weighted by Crippen LogP contribution is 2.20. The number of halogens is 1. The van der Waals surface area contributed by atoms with Gasteiger partial charge in [0.2, 0.25) is 5.89 Å². The highest BCUT2D eigenvalue weighted by molar-refractivity contribution is 6.32. The molecule has 5 heteroatoms. The fourth-order valence-electron chi connectivity index (χ4n) is 1.42. The number of oxazole rings is 1. The molecule has 0 saturated carbocycles. The molecule has 0 fully saturated rings. The molecule has 2 rings (SSSR count). The van der Waals surface area contributed by atoms with E-state index in [1.54, 1.807) is 26.9 Å². The zero-order valence-electron chi connectivity index (χ0n) is 9.07. The van der Waals surface area contributed by atoms with Crippen LogP contribution in [0.15, 0.2) is 28.9 Å². The predicted molar refractivity (Wildman–Crippen MR) is 60.7 cm³/mol. The smallest absolute Gasteiger partial charge is 0.223 e. The second kappa shape index (κ2) is 4.10. The summed E-state index contributed by atoms with van der Waals surface area (Å²) in [5.41, 5.74) is 1.92. The molecule has 16 heavy (non-hydrogen) atoms. The van der Waals surface area contributed by atoms with Gasteiger partial charge >= 0.3 is 0 Å². The van der Waals surface area contributed by atoms with Crippen LogP contribution >= 0.6 is 0 Å². The molecular weight excluding hydrogens is 208 g/mol. The van der Waals surface area contributed by atoms with Crippen LogP contribution in [0, 0.1) is 5.82 Å². The zero-order valence-corrected chi connectivity index (χ0v) is 9.07. The van der Waals surface area contributed by atoms with Gasteiger partial charge in [-0.05, 0) is 19.1 Å². The van der Waals surface area contributed by atoms with Gasteiger partial charge in [0.15, 0.2) is 0 Å². The van der Waals surface area contributed by atoms with Gasteiger partial charge in [0.05, 0.1) is 0 Å². The fourth-order valence-corrected chi connectivity index (χ4v) is 1.42. The molecular formula is C11H11BFNO2. The summed E-state index contributed by atoms with van der Waals surface area (Å²) in [6, 6.07) is 4.71. The maximum atomic E-state index is 13.1. The highest BCUT2D eigenvalue weighted by Gasteiger charge is 2.11. The first kappa shape index (κ1) is 10.9. The Morgan fingerprint density at radius 2 is 2.25 bits per heavy atom. The largest absolute Gasteiger partial charge is 0.446 e. The number of hydrogen-bond acceptors (Lipinski definition) is 3. The lowest BCUT2D eigenvalue weighted by Crippen LogP contribution is -2.07. The van der Waals surface area contributed by atoms with E-state index in [2.05, 4.69) is 4.98 Å². The van der Waals surface area contributed by atoms with Crippen molar-refractivity contribution < 1.29 is 13.9 Å². The van der Waals surface area contributed by atoms with E-state index in [0.29, 0.717) is 11.2 Å². The van der Waals surface area contributed by atoms with Crippen molar-refractivity contribution in [3.63, 3.8) is 0 Å². The third kappa shape index (κ3) is 1.99. The standard InChI is InChI=1S/C11H11BFNO2/c1-6(15)11-14-10(5-16-11)7-2-3-9(13)8(12)4-7/h2-6,15H,12H2,1H3. The Bertz CT molecular complexity index is 510. The molecule has 1 N–H and O–H groups in total. The number of aromatic nitrogens is 1. The maximum absolute atomic E-state index is 13.1. The van der Waals surface area contributed by atoms with Crippen molar-refractivity contribution in [2.45, 2.75) is 13.0 Å². The molecule has 82 valence electrons. The minimum absolute atomic E-state index is 0.247. The number of nitrogens with zero attached hydrogens (tertiary/aromatic N) is 1. The molecule has 0 saturated heterocycles. The molecule has 1 unspecified atom stereocenters. The average molecular weight is 219 g/mol. The Morgan fingerprint density at radius 1 is 1.50 bits per heavy atom. The van der Waals surface area contributed by atoms with Crippen molar-refractivity contribution in [3.05, 3.63) is 36.2 Å². The Morgan fingerprint density at radius 3 is 2.81 bits per heavy atom. The minimum Gasteiger partial charge on any atom is -0.446 e. The van der Waals surface area contributed by atoms with Gasteiger partial charge in [0, 0.05) is 5.56 Å². The van der Waals surface area contributed by atoms with Crippen LogP contribution in [-0.4, -0.2) is 17.9 Å². The molecule has 2 aromatic rings. The van der Waals surface area contributed by atoms with Gasteiger partial charge in [0.1, 0.15) is 31.7 Å². The predicted octanol–water partition coefficient (Wildman–Crippen LogP) is 0.792. The molecule has 0 amide bonds. The average Bonchev–Trinajstić information content (AvgIpc) is 2.71. The third-order valence-corrected chi connectivity index (χ3v) is 2.33. The van der Waals surface area contributed by atoms with E-state index in [0.717, 1.165) is 5.56 Å². The molecule has 1 atom stereocenters. The lowest BCUT2D eigenvalue weighted by atomic mass is 9.93. The fraction of sp³-hybridized carbons (Fsp3) is 0.182. The summed E-state index contributed by atoms with van der Waals surface area (Å²) >= 11 is 0. The topological polar surface area (TPSA) is 46.3 Å². The van der Waals surface area contributed by atoms with Crippen molar-refractivity contribution in [1.82, 2.24) is 4.98 Å². The summed E-state index contributed by atoms with van der Waals surface area (Å²) in [5, 5.41) is 9.27. The van der Waals surface area contributed by atoms with Crippen LogP contribution in [-0.2, 0) is 0 Å². The van der Waals surface area contributed by atoms with Gasteiger partial charge in [-0.3, -0.25) is 0 Å². The van der Waals surface area contributed by atoms with Crippen molar-refractivity contribution in [1.29, 1.82) is 0 Å². The summed E-state index contributed by atoms with van der Waals surface area (Å²) in [7, 11) is 1.69. The Kier molecular flexibility index (Phi) is 2.79. The first-order chi connectivity index (χ1) is 7.58. The van der Waals surface area contributed by atoms with Gasteiger partial charge in [0.25, 0.3) is 0 Å². The number of rotatable bonds is 2. The van der Waals surface area contributed by atoms with Gasteiger partial charge in [-0.2, -0.15) is 0 Å². The van der Waals surface area contributed by atoms with Crippen molar-refractivity contribution >= 4 is 13.3 Å². The monoisotopic (exact) mass is 219 g/mol. The van der Waals surface area contributed by atoms with Gasteiger partial charge in [-0.15, -0.1) is 0 Å². The van der Waals surface area contributed by atoms with Crippen molar-refractivity contribution in [2.24, 2.45) is 0 Å². The highest BCUT2D eigenvalue weighted by atomic mass is 19.1. The first-order valence-corrected chi connectivity index (χ1v) is 4.98. The normalized spacial score (nSPS) is 12.7.